The molecule has 0 amide bonds. The fraction of sp³-hybridized carbons (Fsp3) is 0.812. The van der Waals surface area contributed by atoms with Crippen molar-refractivity contribution in [2.45, 2.75) is 58.5 Å². The van der Waals surface area contributed by atoms with E-state index in [-0.39, 0.29) is 23.2 Å². The molecule has 0 aromatic rings. The summed E-state index contributed by atoms with van der Waals surface area (Å²) in [6.07, 6.45) is 6.60. The summed E-state index contributed by atoms with van der Waals surface area (Å²) in [5, 5.41) is 10.7. The lowest BCUT2D eigenvalue weighted by Gasteiger charge is -2.38. The molecule has 0 heterocycles. The van der Waals surface area contributed by atoms with Crippen LogP contribution < -0.4 is 0 Å². The van der Waals surface area contributed by atoms with Crippen LogP contribution in [-0.4, -0.2) is 23.8 Å². The summed E-state index contributed by atoms with van der Waals surface area (Å²) in [5.74, 6) is 0.346. The molecule has 19 heavy (non-hydrogen) atoms. The SMILES string of the molecule is COC(=O)C1=C[C@@H]2CC(C)(C)CC[C@@](C)(O)[C@@H]2CC1. The van der Waals surface area contributed by atoms with Gasteiger partial charge >= 0.3 is 5.97 Å². The highest BCUT2D eigenvalue weighted by Crippen LogP contribution is 2.48. The fourth-order valence-corrected chi connectivity index (χ4v) is 3.77. The van der Waals surface area contributed by atoms with E-state index in [4.69, 9.17) is 4.74 Å². The summed E-state index contributed by atoms with van der Waals surface area (Å²) < 4.78 is 4.83. The second-order valence-corrected chi connectivity index (χ2v) is 7.22. The Hall–Kier alpha value is -0.830. The molecular weight excluding hydrogens is 240 g/mol. The standard InChI is InChI=1S/C16H26O3/c1-15(2)7-8-16(3,18)13-6-5-11(14(17)19-4)9-12(13)10-15/h9,12-13,18H,5-8,10H2,1-4H3/t12-,13-,16-/m1/s1. The molecule has 2 aliphatic carbocycles. The number of methoxy groups -OCH3 is 1. The molecule has 1 saturated carbocycles. The van der Waals surface area contributed by atoms with Crippen molar-refractivity contribution in [1.29, 1.82) is 0 Å². The minimum absolute atomic E-state index is 0.208. The van der Waals surface area contributed by atoms with Crippen LogP contribution in [0.1, 0.15) is 52.9 Å². The Morgan fingerprint density at radius 3 is 2.68 bits per heavy atom. The van der Waals surface area contributed by atoms with E-state index in [2.05, 4.69) is 19.9 Å². The van der Waals surface area contributed by atoms with Gasteiger partial charge in [0.25, 0.3) is 0 Å². The Balaban J connectivity index is 2.30. The maximum absolute atomic E-state index is 11.7. The number of fused-ring (bicyclic) bond motifs is 1. The number of carbonyl (C=O) groups is 1. The molecule has 108 valence electrons. The van der Waals surface area contributed by atoms with E-state index in [1.54, 1.807) is 0 Å². The van der Waals surface area contributed by atoms with Gasteiger partial charge in [0, 0.05) is 5.57 Å². The molecule has 3 atom stereocenters. The molecule has 0 spiro atoms. The Kier molecular flexibility index (Phi) is 3.78. The minimum atomic E-state index is -0.614. The summed E-state index contributed by atoms with van der Waals surface area (Å²) in [6, 6.07) is 0. The van der Waals surface area contributed by atoms with Crippen molar-refractivity contribution in [1.82, 2.24) is 0 Å². The first-order valence-electron chi connectivity index (χ1n) is 7.26. The van der Waals surface area contributed by atoms with Gasteiger partial charge in [-0.15, -0.1) is 0 Å². The molecule has 3 heteroatoms. The van der Waals surface area contributed by atoms with Crippen LogP contribution in [0, 0.1) is 17.3 Å². The smallest absolute Gasteiger partial charge is 0.333 e. The normalized spacial score (nSPS) is 37.8. The Morgan fingerprint density at radius 1 is 1.37 bits per heavy atom. The second kappa shape index (κ2) is 4.93. The number of hydrogen-bond donors (Lipinski definition) is 1. The number of allylic oxidation sites excluding steroid dienone is 1. The van der Waals surface area contributed by atoms with Gasteiger partial charge in [0.15, 0.2) is 0 Å². The van der Waals surface area contributed by atoms with Crippen LogP contribution in [0.2, 0.25) is 0 Å². The number of aliphatic hydroxyl groups is 1. The first kappa shape index (κ1) is 14.6. The van der Waals surface area contributed by atoms with Crippen LogP contribution in [0.15, 0.2) is 11.6 Å². The average Bonchev–Trinajstić information content (AvgIpc) is 2.43. The highest BCUT2D eigenvalue weighted by Gasteiger charge is 2.44. The van der Waals surface area contributed by atoms with Crippen molar-refractivity contribution in [3.63, 3.8) is 0 Å². The third-order valence-corrected chi connectivity index (χ3v) is 5.00. The van der Waals surface area contributed by atoms with Crippen molar-refractivity contribution >= 4 is 5.97 Å². The quantitative estimate of drug-likeness (QED) is 0.742. The van der Waals surface area contributed by atoms with E-state index < -0.39 is 5.60 Å². The molecule has 3 nitrogen and oxygen atoms in total. The molecule has 2 aliphatic rings. The summed E-state index contributed by atoms with van der Waals surface area (Å²) in [5.41, 5.74) is 0.395. The lowest BCUT2D eigenvalue weighted by molar-refractivity contribution is -0.136. The zero-order valence-electron chi connectivity index (χ0n) is 12.5. The number of esters is 1. The molecule has 0 aliphatic heterocycles. The van der Waals surface area contributed by atoms with Gasteiger partial charge in [0.1, 0.15) is 0 Å². The molecule has 0 bridgehead atoms. The molecule has 0 unspecified atom stereocenters. The maximum Gasteiger partial charge on any atom is 0.333 e. The van der Waals surface area contributed by atoms with E-state index in [1.807, 2.05) is 6.92 Å². The fourth-order valence-electron chi connectivity index (χ4n) is 3.77. The third-order valence-electron chi connectivity index (χ3n) is 5.00. The zero-order valence-corrected chi connectivity index (χ0v) is 12.5. The highest BCUT2D eigenvalue weighted by molar-refractivity contribution is 5.88. The van der Waals surface area contributed by atoms with Crippen molar-refractivity contribution < 1.29 is 14.6 Å². The van der Waals surface area contributed by atoms with Crippen molar-refractivity contribution in [3.05, 3.63) is 11.6 Å². The summed E-state index contributed by atoms with van der Waals surface area (Å²) in [4.78, 5) is 11.7. The molecule has 0 aromatic heterocycles. The molecule has 0 radical (unpaired) electrons. The minimum Gasteiger partial charge on any atom is -0.466 e. The van der Waals surface area contributed by atoms with Crippen molar-refractivity contribution in [2.75, 3.05) is 7.11 Å². The molecule has 0 saturated heterocycles. The van der Waals surface area contributed by atoms with E-state index in [0.717, 1.165) is 37.7 Å². The lowest BCUT2D eigenvalue weighted by atomic mass is 9.70. The van der Waals surface area contributed by atoms with Crippen LogP contribution in [0.5, 0.6) is 0 Å². The van der Waals surface area contributed by atoms with E-state index >= 15 is 0 Å². The van der Waals surface area contributed by atoms with Gasteiger partial charge in [-0.2, -0.15) is 0 Å². The lowest BCUT2D eigenvalue weighted by Crippen LogP contribution is -2.39. The number of hydrogen-bond acceptors (Lipinski definition) is 3. The van der Waals surface area contributed by atoms with Crippen LogP contribution in [0.25, 0.3) is 0 Å². The topological polar surface area (TPSA) is 46.5 Å². The predicted molar refractivity (Wildman–Crippen MR) is 74.6 cm³/mol. The average molecular weight is 266 g/mol. The third kappa shape index (κ3) is 3.02. The predicted octanol–water partition coefficient (Wildman–Crippen LogP) is 3.07. The van der Waals surface area contributed by atoms with Crippen LogP contribution >= 0.6 is 0 Å². The summed E-state index contributed by atoms with van der Waals surface area (Å²) in [7, 11) is 1.43. The molecule has 1 N–H and O–H groups in total. The summed E-state index contributed by atoms with van der Waals surface area (Å²) in [6.45, 7) is 6.47. The Bertz CT molecular complexity index is 393. The molecule has 0 aromatic carbocycles. The van der Waals surface area contributed by atoms with Gasteiger partial charge in [-0.05, 0) is 56.3 Å². The summed E-state index contributed by atoms with van der Waals surface area (Å²) >= 11 is 0. The van der Waals surface area contributed by atoms with E-state index in [9.17, 15) is 9.90 Å². The largest absolute Gasteiger partial charge is 0.466 e. The van der Waals surface area contributed by atoms with Gasteiger partial charge < -0.3 is 9.84 Å². The van der Waals surface area contributed by atoms with Crippen molar-refractivity contribution in [3.8, 4) is 0 Å². The first-order chi connectivity index (χ1) is 8.75. The number of carbonyl (C=O) groups excluding carboxylic acids is 1. The Morgan fingerprint density at radius 2 is 2.05 bits per heavy atom. The second-order valence-electron chi connectivity index (χ2n) is 7.22. The van der Waals surface area contributed by atoms with E-state index in [1.165, 1.54) is 7.11 Å². The zero-order chi connectivity index (χ0) is 14.3. The van der Waals surface area contributed by atoms with Crippen LogP contribution in [-0.2, 0) is 9.53 Å². The maximum atomic E-state index is 11.7. The number of ether oxygens (including phenoxy) is 1. The van der Waals surface area contributed by atoms with Gasteiger partial charge in [0.05, 0.1) is 12.7 Å². The highest BCUT2D eigenvalue weighted by atomic mass is 16.5. The first-order valence-corrected chi connectivity index (χ1v) is 7.26. The molecular formula is C16H26O3. The van der Waals surface area contributed by atoms with Gasteiger partial charge in [0.2, 0.25) is 0 Å². The van der Waals surface area contributed by atoms with Gasteiger partial charge in [-0.3, -0.25) is 0 Å². The Labute approximate surface area is 116 Å². The van der Waals surface area contributed by atoms with Gasteiger partial charge in [-0.1, -0.05) is 19.9 Å². The molecule has 2 rings (SSSR count). The van der Waals surface area contributed by atoms with Crippen molar-refractivity contribution in [2.24, 2.45) is 17.3 Å². The van der Waals surface area contributed by atoms with Crippen LogP contribution in [0.3, 0.4) is 0 Å². The monoisotopic (exact) mass is 266 g/mol. The number of rotatable bonds is 1. The van der Waals surface area contributed by atoms with Crippen LogP contribution in [0.4, 0.5) is 0 Å². The van der Waals surface area contributed by atoms with E-state index in [0.29, 0.717) is 0 Å². The molecule has 1 fully saturated rings. The van der Waals surface area contributed by atoms with Gasteiger partial charge in [-0.25, -0.2) is 4.79 Å².